The van der Waals surface area contributed by atoms with Gasteiger partial charge in [0.2, 0.25) is 12.7 Å². The lowest BCUT2D eigenvalue weighted by molar-refractivity contribution is -0.113. The summed E-state index contributed by atoms with van der Waals surface area (Å²) in [5.41, 5.74) is 2.87. The summed E-state index contributed by atoms with van der Waals surface area (Å²) in [5, 5.41) is 3.78. The molecule has 6 nitrogen and oxygen atoms in total. The summed E-state index contributed by atoms with van der Waals surface area (Å²) in [7, 11) is 0. The number of amides is 1. The Kier molecular flexibility index (Phi) is 5.22. The number of nitrogens with zero attached hydrogens (tertiary/aromatic N) is 2. The maximum atomic E-state index is 12.3. The number of thioether (sulfide) groups is 1. The van der Waals surface area contributed by atoms with E-state index in [1.807, 2.05) is 13.0 Å². The zero-order chi connectivity index (χ0) is 18.0. The lowest BCUT2D eigenvalue weighted by atomic mass is 10.2. The first-order valence-electron chi connectivity index (χ1n) is 8.30. The van der Waals surface area contributed by atoms with Crippen LogP contribution in [0.5, 0.6) is 11.5 Å². The first kappa shape index (κ1) is 17.7. The molecule has 1 aliphatic heterocycles. The van der Waals surface area contributed by atoms with Crippen molar-refractivity contribution in [2.45, 2.75) is 39.4 Å². The van der Waals surface area contributed by atoms with E-state index >= 15 is 0 Å². The van der Waals surface area contributed by atoms with E-state index in [1.54, 1.807) is 12.1 Å². The molecule has 1 amide bonds. The molecule has 1 aliphatic rings. The van der Waals surface area contributed by atoms with Crippen molar-refractivity contribution in [3.05, 3.63) is 29.6 Å². The Labute approximate surface area is 151 Å². The molecule has 0 unspecified atom stereocenters. The van der Waals surface area contributed by atoms with Gasteiger partial charge < -0.3 is 19.4 Å². The zero-order valence-electron chi connectivity index (χ0n) is 15.0. The summed E-state index contributed by atoms with van der Waals surface area (Å²) >= 11 is 1.46. The van der Waals surface area contributed by atoms with E-state index in [1.165, 1.54) is 11.8 Å². The molecule has 0 saturated carbocycles. The van der Waals surface area contributed by atoms with Crippen LogP contribution in [0.3, 0.4) is 0 Å². The van der Waals surface area contributed by atoms with Crippen molar-refractivity contribution in [1.29, 1.82) is 0 Å². The fourth-order valence-electron chi connectivity index (χ4n) is 2.62. The topological polar surface area (TPSA) is 65.4 Å². The number of hydrogen-bond donors (Lipinski definition) is 1. The Bertz CT molecular complexity index is 786. The van der Waals surface area contributed by atoms with E-state index in [-0.39, 0.29) is 12.7 Å². The summed E-state index contributed by atoms with van der Waals surface area (Å²) in [6.07, 6.45) is 0. The normalized spacial score (nSPS) is 12.7. The Morgan fingerprint density at radius 2 is 2.08 bits per heavy atom. The van der Waals surface area contributed by atoms with Gasteiger partial charge in [-0.3, -0.25) is 4.79 Å². The Balaban J connectivity index is 1.62. The highest BCUT2D eigenvalue weighted by Gasteiger charge is 2.16. The van der Waals surface area contributed by atoms with Crippen molar-refractivity contribution in [2.24, 2.45) is 5.92 Å². The molecule has 7 heteroatoms. The number of aromatic nitrogens is 2. The molecule has 2 aromatic rings. The van der Waals surface area contributed by atoms with Gasteiger partial charge in [-0.05, 0) is 31.9 Å². The zero-order valence-corrected chi connectivity index (χ0v) is 15.8. The Morgan fingerprint density at radius 3 is 2.84 bits per heavy atom. The van der Waals surface area contributed by atoms with Crippen LogP contribution in [-0.2, 0) is 11.3 Å². The summed E-state index contributed by atoms with van der Waals surface area (Å²) in [5.74, 6) is 2.12. The largest absolute Gasteiger partial charge is 0.454 e. The number of hydrogen-bond acceptors (Lipinski definition) is 5. The summed E-state index contributed by atoms with van der Waals surface area (Å²) in [6, 6.07) is 5.39. The molecule has 0 atom stereocenters. The number of anilines is 1. The first-order chi connectivity index (χ1) is 11.9. The predicted molar refractivity (Wildman–Crippen MR) is 98.5 cm³/mol. The predicted octanol–water partition coefficient (Wildman–Crippen LogP) is 3.62. The molecule has 2 heterocycles. The molecule has 1 aromatic carbocycles. The molecule has 0 fully saturated rings. The molecular formula is C18H23N3O3S. The average Bonchev–Trinajstić information content (AvgIpc) is 3.12. The maximum Gasteiger partial charge on any atom is 0.234 e. The van der Waals surface area contributed by atoms with Gasteiger partial charge in [-0.25, -0.2) is 4.98 Å². The van der Waals surface area contributed by atoms with E-state index in [0.717, 1.165) is 23.1 Å². The number of carbonyl (C=O) groups is 1. The van der Waals surface area contributed by atoms with Gasteiger partial charge in [0.1, 0.15) is 0 Å². The summed E-state index contributed by atoms with van der Waals surface area (Å²) in [6.45, 7) is 9.55. The highest BCUT2D eigenvalue weighted by atomic mass is 32.2. The molecule has 1 aromatic heterocycles. The van der Waals surface area contributed by atoms with Gasteiger partial charge in [-0.15, -0.1) is 0 Å². The van der Waals surface area contributed by atoms with Crippen LogP contribution in [0.4, 0.5) is 5.69 Å². The third-order valence-corrected chi connectivity index (χ3v) is 4.94. The van der Waals surface area contributed by atoms with Crippen LogP contribution < -0.4 is 14.8 Å². The molecule has 3 rings (SSSR count). The molecule has 0 aliphatic carbocycles. The van der Waals surface area contributed by atoms with Gasteiger partial charge in [0.25, 0.3) is 0 Å². The summed E-state index contributed by atoms with van der Waals surface area (Å²) < 4.78 is 12.8. The number of ether oxygens (including phenoxy) is 2. The van der Waals surface area contributed by atoms with Crippen LogP contribution in [0.25, 0.3) is 0 Å². The first-order valence-corrected chi connectivity index (χ1v) is 9.28. The van der Waals surface area contributed by atoms with Crippen LogP contribution in [0, 0.1) is 19.8 Å². The molecular weight excluding hydrogens is 338 g/mol. The van der Waals surface area contributed by atoms with Crippen LogP contribution >= 0.6 is 11.8 Å². The molecule has 25 heavy (non-hydrogen) atoms. The minimum absolute atomic E-state index is 0.0710. The van der Waals surface area contributed by atoms with Crippen LogP contribution in [0.15, 0.2) is 23.4 Å². The van der Waals surface area contributed by atoms with E-state index < -0.39 is 0 Å². The van der Waals surface area contributed by atoms with Gasteiger partial charge in [0.15, 0.2) is 16.7 Å². The maximum absolute atomic E-state index is 12.3. The van der Waals surface area contributed by atoms with Crippen LogP contribution in [0.1, 0.15) is 25.2 Å². The van der Waals surface area contributed by atoms with Gasteiger partial charge in [-0.2, -0.15) is 0 Å². The molecule has 1 N–H and O–H groups in total. The quantitative estimate of drug-likeness (QED) is 0.796. The standard InChI is InChI=1S/C18H23N3O3S/c1-11(2)8-21-13(4)12(3)19-18(21)25-9-17(22)20-14-5-6-15-16(7-14)24-10-23-15/h5-7,11H,8-10H2,1-4H3,(H,20,22). The number of imidazole rings is 1. The van der Waals surface area contributed by atoms with Crippen molar-refractivity contribution in [2.75, 3.05) is 17.9 Å². The second-order valence-corrected chi connectivity index (χ2v) is 7.42. The fraction of sp³-hybridized carbons (Fsp3) is 0.444. The monoisotopic (exact) mass is 361 g/mol. The SMILES string of the molecule is Cc1nc(SCC(=O)Nc2ccc3c(c2)OCO3)n(CC(C)C)c1C. The van der Waals surface area contributed by atoms with E-state index in [2.05, 4.69) is 35.6 Å². The fourth-order valence-corrected chi connectivity index (χ4v) is 3.52. The number of fused-ring (bicyclic) bond motifs is 1. The van der Waals surface area contributed by atoms with Crippen molar-refractivity contribution in [3.8, 4) is 11.5 Å². The second-order valence-electron chi connectivity index (χ2n) is 6.47. The van der Waals surface area contributed by atoms with Crippen molar-refractivity contribution >= 4 is 23.4 Å². The summed E-state index contributed by atoms with van der Waals surface area (Å²) in [4.78, 5) is 16.9. The number of carbonyl (C=O) groups excluding carboxylic acids is 1. The van der Waals surface area contributed by atoms with Crippen LogP contribution in [0.2, 0.25) is 0 Å². The van der Waals surface area contributed by atoms with E-state index in [0.29, 0.717) is 28.9 Å². The van der Waals surface area contributed by atoms with Gasteiger partial charge in [0.05, 0.1) is 11.4 Å². The Hall–Kier alpha value is -2.15. The minimum atomic E-state index is -0.0710. The van der Waals surface area contributed by atoms with Gasteiger partial charge in [-0.1, -0.05) is 25.6 Å². The highest BCUT2D eigenvalue weighted by molar-refractivity contribution is 7.99. The number of rotatable bonds is 6. The lowest BCUT2D eigenvalue weighted by Crippen LogP contribution is -2.15. The molecule has 0 radical (unpaired) electrons. The van der Waals surface area contributed by atoms with Gasteiger partial charge in [0, 0.05) is 24.0 Å². The molecule has 0 saturated heterocycles. The van der Waals surface area contributed by atoms with E-state index in [4.69, 9.17) is 9.47 Å². The van der Waals surface area contributed by atoms with Crippen molar-refractivity contribution in [3.63, 3.8) is 0 Å². The van der Waals surface area contributed by atoms with Gasteiger partial charge >= 0.3 is 0 Å². The molecule has 134 valence electrons. The Morgan fingerprint density at radius 1 is 1.32 bits per heavy atom. The minimum Gasteiger partial charge on any atom is -0.454 e. The van der Waals surface area contributed by atoms with Crippen molar-refractivity contribution < 1.29 is 14.3 Å². The van der Waals surface area contributed by atoms with E-state index in [9.17, 15) is 4.79 Å². The lowest BCUT2D eigenvalue weighted by Gasteiger charge is -2.12. The number of aryl methyl sites for hydroxylation is 1. The third-order valence-electron chi connectivity index (χ3n) is 3.96. The number of nitrogens with one attached hydrogen (secondary N) is 1. The van der Waals surface area contributed by atoms with Crippen molar-refractivity contribution in [1.82, 2.24) is 9.55 Å². The molecule has 0 bridgehead atoms. The number of benzene rings is 1. The highest BCUT2D eigenvalue weighted by Crippen LogP contribution is 2.34. The molecule has 0 spiro atoms. The average molecular weight is 361 g/mol. The smallest absolute Gasteiger partial charge is 0.234 e. The second kappa shape index (κ2) is 7.39. The third kappa shape index (κ3) is 4.10. The van der Waals surface area contributed by atoms with Crippen LogP contribution in [-0.4, -0.2) is 28.0 Å².